The van der Waals surface area contributed by atoms with E-state index in [-0.39, 0.29) is 24.2 Å². The highest BCUT2D eigenvalue weighted by Gasteiger charge is 2.17. The summed E-state index contributed by atoms with van der Waals surface area (Å²) in [6.07, 6.45) is 0. The number of thioether (sulfide) groups is 1. The summed E-state index contributed by atoms with van der Waals surface area (Å²) < 4.78 is 4.96. The Labute approximate surface area is 186 Å². The molecule has 11 heteroatoms. The van der Waals surface area contributed by atoms with Crippen molar-refractivity contribution in [2.45, 2.75) is 18.9 Å². The first kappa shape index (κ1) is 22.4. The van der Waals surface area contributed by atoms with Gasteiger partial charge in [0, 0.05) is 5.56 Å². The van der Waals surface area contributed by atoms with Gasteiger partial charge in [-0.2, -0.15) is 0 Å². The molecule has 2 aromatic heterocycles. The Balaban J connectivity index is 1.50. The summed E-state index contributed by atoms with van der Waals surface area (Å²) in [5, 5.41) is 14.1. The van der Waals surface area contributed by atoms with Gasteiger partial charge < -0.3 is 15.4 Å². The van der Waals surface area contributed by atoms with Crippen LogP contribution in [0.15, 0.2) is 47.5 Å². The summed E-state index contributed by atoms with van der Waals surface area (Å²) in [6, 6.07) is 12.1. The Morgan fingerprint density at radius 1 is 1.06 bits per heavy atom. The second-order valence-corrected chi connectivity index (χ2v) is 8.06. The van der Waals surface area contributed by atoms with E-state index in [1.165, 1.54) is 11.8 Å². The predicted octanol–water partition coefficient (Wildman–Crippen LogP) is 3.40. The Morgan fingerprint density at radius 2 is 1.84 bits per heavy atom. The Kier molecular flexibility index (Phi) is 7.68. The standard InChI is InChI=1S/C20H19N5O4S2/c1-3-29-19(28)17-12(2)21-20(31-17)23-15(26)11-30-16-10-9-14(24-25-16)22-18(27)13-7-5-4-6-8-13/h4-10H,3,11H2,1-2H3,(H,21,23,26)(H,22,24,27). The highest BCUT2D eigenvalue weighted by Crippen LogP contribution is 2.24. The second-order valence-electron chi connectivity index (χ2n) is 6.07. The van der Waals surface area contributed by atoms with E-state index in [0.717, 1.165) is 11.3 Å². The van der Waals surface area contributed by atoms with Crippen LogP contribution in [0.25, 0.3) is 0 Å². The molecule has 0 saturated heterocycles. The second kappa shape index (κ2) is 10.6. The maximum atomic E-state index is 12.2. The molecule has 0 aliphatic heterocycles. The number of rotatable bonds is 8. The lowest BCUT2D eigenvalue weighted by Crippen LogP contribution is -2.14. The van der Waals surface area contributed by atoms with Crippen LogP contribution in [0.1, 0.15) is 32.6 Å². The fourth-order valence-corrected chi connectivity index (χ4v) is 3.86. The maximum Gasteiger partial charge on any atom is 0.350 e. The van der Waals surface area contributed by atoms with Gasteiger partial charge in [0.05, 0.1) is 18.1 Å². The van der Waals surface area contributed by atoms with Crippen LogP contribution in [0.3, 0.4) is 0 Å². The van der Waals surface area contributed by atoms with Crippen molar-refractivity contribution in [2.75, 3.05) is 23.0 Å². The SMILES string of the molecule is CCOC(=O)c1sc(NC(=O)CSc2ccc(NC(=O)c3ccccc3)nn2)nc1C. The summed E-state index contributed by atoms with van der Waals surface area (Å²) in [6.45, 7) is 3.67. The molecule has 0 spiro atoms. The number of amides is 2. The Hall–Kier alpha value is -3.31. The maximum absolute atomic E-state index is 12.2. The summed E-state index contributed by atoms with van der Waals surface area (Å²) in [5.41, 5.74) is 1.02. The first-order valence-electron chi connectivity index (χ1n) is 9.23. The summed E-state index contributed by atoms with van der Waals surface area (Å²) >= 11 is 2.25. The molecule has 31 heavy (non-hydrogen) atoms. The number of benzene rings is 1. The molecule has 9 nitrogen and oxygen atoms in total. The number of hydrogen-bond donors (Lipinski definition) is 2. The largest absolute Gasteiger partial charge is 0.462 e. The normalized spacial score (nSPS) is 10.4. The molecule has 0 radical (unpaired) electrons. The molecule has 2 N–H and O–H groups in total. The van der Waals surface area contributed by atoms with Crippen molar-refractivity contribution < 1.29 is 19.1 Å². The Bertz CT molecular complexity index is 1070. The number of thiazole rings is 1. The minimum Gasteiger partial charge on any atom is -0.462 e. The van der Waals surface area contributed by atoms with E-state index in [0.29, 0.717) is 32.1 Å². The monoisotopic (exact) mass is 457 g/mol. The number of nitrogens with zero attached hydrogens (tertiary/aromatic N) is 3. The fourth-order valence-electron chi connectivity index (χ4n) is 2.37. The highest BCUT2D eigenvalue weighted by atomic mass is 32.2. The molecular weight excluding hydrogens is 438 g/mol. The van der Waals surface area contributed by atoms with Gasteiger partial charge in [0.25, 0.3) is 5.91 Å². The van der Waals surface area contributed by atoms with E-state index in [1.54, 1.807) is 50.2 Å². The molecular formula is C20H19N5O4S2. The molecule has 0 saturated carbocycles. The lowest BCUT2D eigenvalue weighted by molar-refractivity contribution is -0.113. The third kappa shape index (κ3) is 6.33. The van der Waals surface area contributed by atoms with E-state index in [9.17, 15) is 14.4 Å². The number of aryl methyl sites for hydroxylation is 1. The van der Waals surface area contributed by atoms with Gasteiger partial charge in [-0.25, -0.2) is 9.78 Å². The van der Waals surface area contributed by atoms with Crippen LogP contribution in [-0.4, -0.2) is 45.3 Å². The van der Waals surface area contributed by atoms with Crippen molar-refractivity contribution in [1.29, 1.82) is 0 Å². The smallest absolute Gasteiger partial charge is 0.350 e. The zero-order valence-corrected chi connectivity index (χ0v) is 18.4. The third-order valence-corrected chi connectivity index (χ3v) is 5.75. The number of ether oxygens (including phenoxy) is 1. The van der Waals surface area contributed by atoms with Crippen LogP contribution in [0.4, 0.5) is 10.9 Å². The fraction of sp³-hybridized carbons (Fsp3) is 0.200. The van der Waals surface area contributed by atoms with Crippen molar-refractivity contribution in [1.82, 2.24) is 15.2 Å². The average Bonchev–Trinajstić information content (AvgIpc) is 3.14. The van der Waals surface area contributed by atoms with Gasteiger partial charge in [-0.3, -0.25) is 9.59 Å². The first-order valence-corrected chi connectivity index (χ1v) is 11.0. The van der Waals surface area contributed by atoms with E-state index in [2.05, 4.69) is 25.8 Å². The van der Waals surface area contributed by atoms with Crippen LogP contribution in [-0.2, 0) is 9.53 Å². The average molecular weight is 458 g/mol. The number of esters is 1. The van der Waals surface area contributed by atoms with E-state index in [1.807, 2.05) is 6.07 Å². The lowest BCUT2D eigenvalue weighted by atomic mass is 10.2. The molecule has 0 atom stereocenters. The van der Waals surface area contributed by atoms with Crippen LogP contribution >= 0.6 is 23.1 Å². The van der Waals surface area contributed by atoms with Gasteiger partial charge in [0.2, 0.25) is 5.91 Å². The van der Waals surface area contributed by atoms with E-state index >= 15 is 0 Å². The highest BCUT2D eigenvalue weighted by molar-refractivity contribution is 7.99. The van der Waals surface area contributed by atoms with Crippen LogP contribution in [0, 0.1) is 6.92 Å². The van der Waals surface area contributed by atoms with Gasteiger partial charge in [-0.05, 0) is 38.1 Å². The minimum atomic E-state index is -0.456. The quantitative estimate of drug-likeness (QED) is 0.390. The molecule has 0 aliphatic rings. The number of nitrogens with one attached hydrogen (secondary N) is 2. The minimum absolute atomic E-state index is 0.0811. The van der Waals surface area contributed by atoms with Gasteiger partial charge >= 0.3 is 5.97 Å². The summed E-state index contributed by atoms with van der Waals surface area (Å²) in [5.74, 6) is -0.639. The molecule has 0 unspecified atom stereocenters. The number of aromatic nitrogens is 3. The molecule has 0 aliphatic carbocycles. The van der Waals surface area contributed by atoms with Crippen LogP contribution in [0.2, 0.25) is 0 Å². The number of carbonyl (C=O) groups is 3. The van der Waals surface area contributed by atoms with E-state index < -0.39 is 5.97 Å². The van der Waals surface area contributed by atoms with Gasteiger partial charge in [0.15, 0.2) is 10.9 Å². The number of anilines is 2. The van der Waals surface area contributed by atoms with Crippen molar-refractivity contribution in [3.05, 3.63) is 58.6 Å². The molecule has 0 fully saturated rings. The number of carbonyl (C=O) groups excluding carboxylic acids is 3. The molecule has 1 aromatic carbocycles. The summed E-state index contributed by atoms with van der Waals surface area (Å²) in [4.78, 5) is 40.7. The van der Waals surface area contributed by atoms with Gasteiger partial charge in [0.1, 0.15) is 9.90 Å². The predicted molar refractivity (Wildman–Crippen MR) is 119 cm³/mol. The number of hydrogen-bond acceptors (Lipinski definition) is 9. The molecule has 2 amide bonds. The topological polar surface area (TPSA) is 123 Å². The van der Waals surface area contributed by atoms with Crippen molar-refractivity contribution >= 4 is 51.8 Å². The van der Waals surface area contributed by atoms with Gasteiger partial charge in [-0.1, -0.05) is 41.3 Å². The summed E-state index contributed by atoms with van der Waals surface area (Å²) in [7, 11) is 0. The van der Waals surface area contributed by atoms with Gasteiger partial charge in [-0.15, -0.1) is 10.2 Å². The van der Waals surface area contributed by atoms with Crippen LogP contribution in [0.5, 0.6) is 0 Å². The first-order chi connectivity index (χ1) is 15.0. The molecule has 3 aromatic rings. The molecule has 160 valence electrons. The van der Waals surface area contributed by atoms with Crippen LogP contribution < -0.4 is 10.6 Å². The molecule has 3 rings (SSSR count). The molecule has 0 bridgehead atoms. The zero-order valence-electron chi connectivity index (χ0n) is 16.7. The van der Waals surface area contributed by atoms with Crippen molar-refractivity contribution in [3.63, 3.8) is 0 Å². The molecule has 2 heterocycles. The Morgan fingerprint density at radius 3 is 2.52 bits per heavy atom. The zero-order chi connectivity index (χ0) is 22.2. The third-order valence-electron chi connectivity index (χ3n) is 3.77. The van der Waals surface area contributed by atoms with E-state index in [4.69, 9.17) is 4.74 Å². The lowest BCUT2D eigenvalue weighted by Gasteiger charge is -2.05. The van der Waals surface area contributed by atoms with Crippen molar-refractivity contribution in [3.8, 4) is 0 Å². The van der Waals surface area contributed by atoms with Crippen molar-refractivity contribution in [2.24, 2.45) is 0 Å².